The highest BCUT2D eigenvalue weighted by Crippen LogP contribution is 2.29. The maximum absolute atomic E-state index is 13.5. The molecule has 2 aromatic rings. The molecular weight excluding hydrogens is 322 g/mol. The molecule has 98 valence electrons. The molecule has 0 saturated carbocycles. The van der Waals surface area contributed by atoms with Crippen molar-refractivity contribution < 1.29 is 23.4 Å². The molecule has 0 saturated heterocycles. The van der Waals surface area contributed by atoms with E-state index in [0.29, 0.717) is 4.47 Å². The van der Waals surface area contributed by atoms with Gasteiger partial charge in [-0.2, -0.15) is 4.39 Å². The maximum Gasteiger partial charge on any atom is 0.335 e. The minimum atomic E-state index is -1.11. The largest absolute Gasteiger partial charge is 0.478 e. The van der Waals surface area contributed by atoms with Crippen LogP contribution < -0.4 is 4.74 Å². The lowest BCUT2D eigenvalue weighted by atomic mass is 10.2. The molecule has 2 aromatic carbocycles. The van der Waals surface area contributed by atoms with Crippen LogP contribution in [0.25, 0.3) is 0 Å². The number of carboxylic acids is 1. The molecular formula is C13H7BrF2O3. The van der Waals surface area contributed by atoms with Crippen molar-refractivity contribution in [2.45, 2.75) is 0 Å². The van der Waals surface area contributed by atoms with Crippen LogP contribution in [-0.4, -0.2) is 11.1 Å². The smallest absolute Gasteiger partial charge is 0.335 e. The third-order valence-corrected chi connectivity index (χ3v) is 2.75. The Morgan fingerprint density at radius 1 is 1.16 bits per heavy atom. The number of ether oxygens (including phenoxy) is 1. The van der Waals surface area contributed by atoms with Gasteiger partial charge in [0.1, 0.15) is 5.75 Å². The third kappa shape index (κ3) is 3.08. The topological polar surface area (TPSA) is 46.5 Å². The molecule has 2 rings (SSSR count). The van der Waals surface area contributed by atoms with Crippen molar-refractivity contribution in [3.05, 3.63) is 58.1 Å². The molecule has 0 heterocycles. The fourth-order valence-electron chi connectivity index (χ4n) is 1.40. The van der Waals surface area contributed by atoms with Crippen molar-refractivity contribution in [1.82, 2.24) is 0 Å². The van der Waals surface area contributed by atoms with Crippen LogP contribution in [0.1, 0.15) is 10.4 Å². The highest BCUT2D eigenvalue weighted by molar-refractivity contribution is 9.10. The van der Waals surface area contributed by atoms with Crippen LogP contribution in [0, 0.1) is 11.6 Å². The van der Waals surface area contributed by atoms with E-state index in [1.807, 2.05) is 0 Å². The zero-order chi connectivity index (χ0) is 14.0. The Labute approximate surface area is 115 Å². The average molecular weight is 329 g/mol. The lowest BCUT2D eigenvalue weighted by Gasteiger charge is -2.08. The molecule has 0 aliphatic carbocycles. The molecule has 3 nitrogen and oxygen atoms in total. The summed E-state index contributed by atoms with van der Waals surface area (Å²) < 4.78 is 32.1. The van der Waals surface area contributed by atoms with Gasteiger partial charge in [-0.1, -0.05) is 15.9 Å². The minimum absolute atomic E-state index is 0.0771. The van der Waals surface area contributed by atoms with Gasteiger partial charge in [-0.25, -0.2) is 9.18 Å². The highest BCUT2D eigenvalue weighted by atomic mass is 79.9. The lowest BCUT2D eigenvalue weighted by Crippen LogP contribution is -1.96. The Balaban J connectivity index is 2.28. The van der Waals surface area contributed by atoms with Crippen LogP contribution in [0.15, 0.2) is 40.9 Å². The zero-order valence-electron chi connectivity index (χ0n) is 9.36. The van der Waals surface area contributed by atoms with Crippen molar-refractivity contribution in [1.29, 1.82) is 0 Å². The number of carboxylic acid groups (broad SMARTS) is 1. The van der Waals surface area contributed by atoms with Gasteiger partial charge in [0.25, 0.3) is 0 Å². The molecule has 0 amide bonds. The summed E-state index contributed by atoms with van der Waals surface area (Å²) in [6.45, 7) is 0. The van der Waals surface area contributed by atoms with Crippen molar-refractivity contribution in [3.8, 4) is 11.5 Å². The van der Waals surface area contributed by atoms with Gasteiger partial charge in [0, 0.05) is 4.47 Å². The summed E-state index contributed by atoms with van der Waals surface area (Å²) in [5.74, 6) is -3.29. The van der Waals surface area contributed by atoms with Gasteiger partial charge in [-0.15, -0.1) is 0 Å². The summed E-state index contributed by atoms with van der Waals surface area (Å²) >= 11 is 3.03. The second-order valence-electron chi connectivity index (χ2n) is 3.63. The van der Waals surface area contributed by atoms with E-state index in [1.54, 1.807) is 0 Å². The van der Waals surface area contributed by atoms with Crippen molar-refractivity contribution in [2.75, 3.05) is 0 Å². The summed E-state index contributed by atoms with van der Waals surface area (Å²) in [5, 5.41) is 8.73. The van der Waals surface area contributed by atoms with Gasteiger partial charge in [0.2, 0.25) is 5.82 Å². The first kappa shape index (κ1) is 13.5. The maximum atomic E-state index is 13.5. The summed E-state index contributed by atoms with van der Waals surface area (Å²) in [7, 11) is 0. The lowest BCUT2D eigenvalue weighted by molar-refractivity contribution is 0.0697. The quantitative estimate of drug-likeness (QED) is 0.858. The molecule has 6 heteroatoms. The Hall–Kier alpha value is -1.95. The predicted octanol–water partition coefficient (Wildman–Crippen LogP) is 4.22. The molecule has 0 spiro atoms. The third-order valence-electron chi connectivity index (χ3n) is 2.29. The van der Waals surface area contributed by atoms with Gasteiger partial charge < -0.3 is 9.84 Å². The molecule has 1 N–H and O–H groups in total. The van der Waals surface area contributed by atoms with E-state index in [1.165, 1.54) is 30.3 Å². The molecule has 0 aliphatic rings. The normalized spacial score (nSPS) is 10.3. The number of aromatic carboxylic acids is 1. The molecule has 0 unspecified atom stereocenters. The first-order valence-electron chi connectivity index (χ1n) is 5.13. The number of rotatable bonds is 3. The Morgan fingerprint density at radius 3 is 2.37 bits per heavy atom. The zero-order valence-corrected chi connectivity index (χ0v) is 10.9. The van der Waals surface area contributed by atoms with Gasteiger partial charge in [0.15, 0.2) is 11.6 Å². The van der Waals surface area contributed by atoms with E-state index < -0.39 is 17.6 Å². The number of benzene rings is 2. The summed E-state index contributed by atoms with van der Waals surface area (Å²) in [4.78, 5) is 10.7. The predicted molar refractivity (Wildman–Crippen MR) is 67.5 cm³/mol. The Morgan fingerprint density at radius 2 is 1.79 bits per heavy atom. The molecule has 0 fully saturated rings. The van der Waals surface area contributed by atoms with Crippen LogP contribution in [0.3, 0.4) is 0 Å². The van der Waals surface area contributed by atoms with Gasteiger partial charge in [0.05, 0.1) is 5.56 Å². The monoisotopic (exact) mass is 328 g/mol. The van der Waals surface area contributed by atoms with E-state index in [-0.39, 0.29) is 17.1 Å². The SMILES string of the molecule is O=C(O)c1ccc(Oc2cc(Br)cc(F)c2F)cc1. The van der Waals surface area contributed by atoms with Crippen molar-refractivity contribution in [3.63, 3.8) is 0 Å². The van der Waals surface area contributed by atoms with E-state index in [4.69, 9.17) is 9.84 Å². The van der Waals surface area contributed by atoms with Crippen LogP contribution >= 0.6 is 15.9 Å². The van der Waals surface area contributed by atoms with Crippen molar-refractivity contribution >= 4 is 21.9 Å². The number of hydrogen-bond donors (Lipinski definition) is 1. The Bertz CT molecular complexity index is 627. The molecule has 0 aliphatic heterocycles. The van der Waals surface area contributed by atoms with Crippen molar-refractivity contribution in [2.24, 2.45) is 0 Å². The van der Waals surface area contributed by atoms with E-state index >= 15 is 0 Å². The standard InChI is InChI=1S/C13H7BrF2O3/c14-8-5-10(15)12(16)11(6-8)19-9-3-1-7(2-4-9)13(17)18/h1-6H,(H,17,18). The molecule has 19 heavy (non-hydrogen) atoms. The molecule has 0 radical (unpaired) electrons. The van der Waals surface area contributed by atoms with Gasteiger partial charge in [-0.05, 0) is 36.4 Å². The number of halogens is 3. The summed E-state index contributed by atoms with van der Waals surface area (Å²) in [6.07, 6.45) is 0. The average Bonchev–Trinajstić information content (AvgIpc) is 2.36. The summed E-state index contributed by atoms with van der Waals surface area (Å²) in [6, 6.07) is 7.61. The van der Waals surface area contributed by atoms with Gasteiger partial charge >= 0.3 is 5.97 Å². The fourth-order valence-corrected chi connectivity index (χ4v) is 1.81. The summed E-state index contributed by atoms with van der Waals surface area (Å²) in [5.41, 5.74) is 0.0771. The molecule has 0 bridgehead atoms. The van der Waals surface area contributed by atoms with E-state index in [2.05, 4.69) is 15.9 Å². The Kier molecular flexibility index (Phi) is 3.80. The number of hydrogen-bond acceptors (Lipinski definition) is 2. The number of carbonyl (C=O) groups is 1. The van der Waals surface area contributed by atoms with E-state index in [9.17, 15) is 13.6 Å². The first-order valence-corrected chi connectivity index (χ1v) is 5.92. The van der Waals surface area contributed by atoms with Crippen LogP contribution in [-0.2, 0) is 0 Å². The van der Waals surface area contributed by atoms with Crippen LogP contribution in [0.2, 0.25) is 0 Å². The fraction of sp³-hybridized carbons (Fsp3) is 0. The minimum Gasteiger partial charge on any atom is -0.478 e. The van der Waals surface area contributed by atoms with Crippen LogP contribution in [0.5, 0.6) is 11.5 Å². The molecule has 0 aromatic heterocycles. The second-order valence-corrected chi connectivity index (χ2v) is 4.55. The second kappa shape index (κ2) is 5.36. The van der Waals surface area contributed by atoms with Gasteiger partial charge in [-0.3, -0.25) is 0 Å². The van der Waals surface area contributed by atoms with E-state index in [0.717, 1.165) is 6.07 Å². The highest BCUT2D eigenvalue weighted by Gasteiger charge is 2.12. The van der Waals surface area contributed by atoms with Crippen LogP contribution in [0.4, 0.5) is 8.78 Å². The molecule has 0 atom stereocenters. The first-order chi connectivity index (χ1) is 8.97.